The number of benzene rings is 3. The number of aliphatic hydroxyl groups is 2. The lowest BCUT2D eigenvalue weighted by molar-refractivity contribution is -0.256. The molecular formula is C48H61FN2O9. The smallest absolute Gasteiger partial charge is 0.410 e. The van der Waals surface area contributed by atoms with Crippen molar-refractivity contribution in [2.24, 2.45) is 22.9 Å². The number of aromatic hydroxyl groups is 1. The van der Waals surface area contributed by atoms with Crippen LogP contribution in [0.2, 0.25) is 0 Å². The molecule has 1 heterocycles. The van der Waals surface area contributed by atoms with Crippen LogP contribution in [0.4, 0.5) is 9.18 Å². The largest absolute Gasteiger partial charge is 0.508 e. The van der Waals surface area contributed by atoms with Crippen LogP contribution in [0.3, 0.4) is 0 Å². The van der Waals surface area contributed by atoms with Crippen molar-refractivity contribution >= 4 is 11.8 Å². The maximum Gasteiger partial charge on any atom is 0.410 e. The van der Waals surface area contributed by atoms with Crippen LogP contribution < -0.4 is 4.74 Å². The van der Waals surface area contributed by atoms with E-state index >= 15 is 0 Å². The summed E-state index contributed by atoms with van der Waals surface area (Å²) in [6, 6.07) is 19.9. The molecule has 0 radical (unpaired) electrons. The van der Waals surface area contributed by atoms with E-state index in [1.165, 1.54) is 12.1 Å². The number of aliphatic hydroxyl groups excluding tert-OH is 2. The first-order valence-electron chi connectivity index (χ1n) is 21.2. The number of amides is 1. The Bertz CT molecular complexity index is 1930. The van der Waals surface area contributed by atoms with Crippen molar-refractivity contribution in [1.29, 1.82) is 0 Å². The molecule has 0 saturated heterocycles. The first-order chi connectivity index (χ1) is 29.0. The van der Waals surface area contributed by atoms with Gasteiger partial charge in [-0.3, -0.25) is 4.90 Å². The molecule has 0 aromatic heterocycles. The van der Waals surface area contributed by atoms with Gasteiger partial charge < -0.3 is 39.1 Å². The molecule has 12 heteroatoms. The number of carbonyl (C=O) groups excluding carboxylic acids is 1. The van der Waals surface area contributed by atoms with Gasteiger partial charge in [0.1, 0.15) is 35.6 Å². The number of phenols is 1. The summed E-state index contributed by atoms with van der Waals surface area (Å²) in [6.07, 6.45) is 7.78. The highest BCUT2D eigenvalue weighted by Crippen LogP contribution is 2.62. The molecule has 3 aliphatic rings. The molecular weight excluding hydrogens is 768 g/mol. The zero-order valence-corrected chi connectivity index (χ0v) is 35.1. The fraction of sp³-hybridized carbons (Fsp3) is 0.500. The molecule has 1 aliphatic heterocycles. The standard InChI is InChI=1S/C48H61FN2O9/c1-5-25-58-48-43(51(31-33-17-19-36(49)20-18-33)46(55)57-27-26-56-32-34-13-7-6-8-14-34)30-41(50-60-47(2,3)4)39-28-35(15-9-11-23-52)38(16-10-12-24-53)44(45(39)48)40-29-37(54)21-22-42(40)59-48/h5-8,13-14,17-22,28-29,35,38,43-45,52-54H,1,9-12,15-16,23-27,30-32H2,2-4H3. The van der Waals surface area contributed by atoms with Crippen LogP contribution in [0.1, 0.15) is 88.3 Å². The summed E-state index contributed by atoms with van der Waals surface area (Å²) in [5.74, 6) is -2.19. The Hall–Kier alpha value is -4.75. The van der Waals surface area contributed by atoms with Crippen LogP contribution in [-0.2, 0) is 32.2 Å². The van der Waals surface area contributed by atoms with E-state index in [1.54, 1.807) is 41.3 Å². The van der Waals surface area contributed by atoms with Crippen molar-refractivity contribution in [3.05, 3.63) is 120 Å². The number of oxime groups is 1. The molecule has 11 nitrogen and oxygen atoms in total. The summed E-state index contributed by atoms with van der Waals surface area (Å²) in [7, 11) is 0. The number of ether oxygens (including phenoxy) is 4. The fourth-order valence-corrected chi connectivity index (χ4v) is 8.97. The molecule has 6 atom stereocenters. The Balaban J connectivity index is 1.50. The van der Waals surface area contributed by atoms with Crippen molar-refractivity contribution < 1.29 is 48.3 Å². The Morgan fingerprint density at radius 3 is 2.42 bits per heavy atom. The second-order valence-electron chi connectivity index (χ2n) is 16.9. The van der Waals surface area contributed by atoms with E-state index < -0.39 is 35.3 Å². The second kappa shape index (κ2) is 20.7. The molecule has 0 bridgehead atoms. The highest BCUT2D eigenvalue weighted by atomic mass is 19.1. The van der Waals surface area contributed by atoms with Gasteiger partial charge in [-0.15, -0.1) is 6.58 Å². The predicted molar refractivity (Wildman–Crippen MR) is 227 cm³/mol. The van der Waals surface area contributed by atoms with E-state index in [-0.39, 0.29) is 69.5 Å². The molecule has 1 saturated carbocycles. The average molecular weight is 829 g/mol. The topological polar surface area (TPSA) is 140 Å². The monoisotopic (exact) mass is 828 g/mol. The number of allylic oxidation sites excluding steroid dienone is 1. The van der Waals surface area contributed by atoms with Crippen molar-refractivity contribution in [2.75, 3.05) is 33.0 Å². The zero-order chi connectivity index (χ0) is 42.7. The molecule has 6 unspecified atom stereocenters. The van der Waals surface area contributed by atoms with Gasteiger partial charge in [0.25, 0.3) is 0 Å². The van der Waals surface area contributed by atoms with E-state index in [0.717, 1.165) is 42.4 Å². The molecule has 324 valence electrons. The van der Waals surface area contributed by atoms with E-state index in [9.17, 15) is 24.5 Å². The molecule has 3 aromatic rings. The van der Waals surface area contributed by atoms with Crippen molar-refractivity contribution in [3.8, 4) is 11.5 Å². The highest BCUT2D eigenvalue weighted by Gasteiger charge is 2.65. The lowest BCUT2D eigenvalue weighted by atomic mass is 9.55. The van der Waals surface area contributed by atoms with Crippen LogP contribution >= 0.6 is 0 Å². The van der Waals surface area contributed by atoms with Gasteiger partial charge in [0, 0.05) is 37.7 Å². The molecule has 1 fully saturated rings. The lowest BCUT2D eigenvalue weighted by Crippen LogP contribution is -2.70. The number of phenolic OH excluding ortho intramolecular Hbond substituents is 1. The average Bonchev–Trinajstić information content (AvgIpc) is 3.23. The summed E-state index contributed by atoms with van der Waals surface area (Å²) in [5.41, 5.74) is 3.31. The normalized spacial score (nSPS) is 23.8. The molecule has 0 spiro atoms. The van der Waals surface area contributed by atoms with Gasteiger partial charge in [-0.2, -0.15) is 0 Å². The van der Waals surface area contributed by atoms with Gasteiger partial charge in [0.2, 0.25) is 5.79 Å². The summed E-state index contributed by atoms with van der Waals surface area (Å²) in [6.45, 7) is 10.5. The minimum atomic E-state index is -1.54. The summed E-state index contributed by atoms with van der Waals surface area (Å²) < 4.78 is 40.3. The fourth-order valence-electron chi connectivity index (χ4n) is 8.97. The molecule has 6 rings (SSSR count). The highest BCUT2D eigenvalue weighted by molar-refractivity contribution is 6.03. The number of rotatable bonds is 20. The Kier molecular flexibility index (Phi) is 15.4. The molecule has 2 aliphatic carbocycles. The Morgan fingerprint density at radius 2 is 1.72 bits per heavy atom. The van der Waals surface area contributed by atoms with Crippen LogP contribution in [0.15, 0.2) is 102 Å². The quantitative estimate of drug-likeness (QED) is 0.0579. The molecule has 3 aromatic carbocycles. The maximum absolute atomic E-state index is 14.7. The SMILES string of the molecule is C=CCOC12Oc3ccc(O)cc3C3C(CCCCO)C(CCCCO)C=C(C(=NOC(C)(C)C)CC1N(Cc1ccc(F)cc1)C(=O)OCCOCc1ccccc1)C32. The Morgan fingerprint density at radius 1 is 0.983 bits per heavy atom. The van der Waals surface area contributed by atoms with Crippen LogP contribution in [0.5, 0.6) is 11.5 Å². The number of carbonyl (C=O) groups is 1. The third-order valence-corrected chi connectivity index (χ3v) is 11.5. The summed E-state index contributed by atoms with van der Waals surface area (Å²) in [5, 5.41) is 35.5. The molecule has 60 heavy (non-hydrogen) atoms. The Labute approximate surface area is 353 Å². The van der Waals surface area contributed by atoms with E-state index in [0.29, 0.717) is 36.5 Å². The first kappa shape index (κ1) is 44.8. The third-order valence-electron chi connectivity index (χ3n) is 11.5. The lowest BCUT2D eigenvalue weighted by Gasteiger charge is -2.59. The summed E-state index contributed by atoms with van der Waals surface area (Å²) >= 11 is 0. The van der Waals surface area contributed by atoms with Crippen molar-refractivity contribution in [3.63, 3.8) is 0 Å². The predicted octanol–water partition coefficient (Wildman–Crippen LogP) is 8.82. The number of unbranched alkanes of at least 4 members (excludes halogenated alkanes) is 2. The third kappa shape index (κ3) is 10.8. The van der Waals surface area contributed by atoms with Crippen LogP contribution in [0, 0.1) is 23.6 Å². The number of hydrogen-bond acceptors (Lipinski definition) is 10. The van der Waals surface area contributed by atoms with Gasteiger partial charge >= 0.3 is 6.09 Å². The minimum absolute atomic E-state index is 0.0112. The maximum atomic E-state index is 14.7. The van der Waals surface area contributed by atoms with Gasteiger partial charge in [-0.05, 0) is 105 Å². The second-order valence-corrected chi connectivity index (χ2v) is 16.9. The summed E-state index contributed by atoms with van der Waals surface area (Å²) in [4.78, 5) is 22.5. The van der Waals surface area contributed by atoms with E-state index in [4.69, 9.17) is 28.9 Å². The van der Waals surface area contributed by atoms with Crippen LogP contribution in [0.25, 0.3) is 0 Å². The first-order valence-corrected chi connectivity index (χ1v) is 21.2. The number of halogens is 1. The van der Waals surface area contributed by atoms with E-state index in [2.05, 4.69) is 12.7 Å². The van der Waals surface area contributed by atoms with Crippen LogP contribution in [-0.4, -0.2) is 82.5 Å². The minimum Gasteiger partial charge on any atom is -0.508 e. The van der Waals surface area contributed by atoms with Crippen molar-refractivity contribution in [2.45, 2.75) is 102 Å². The van der Waals surface area contributed by atoms with Gasteiger partial charge in [0.05, 0.1) is 31.5 Å². The number of hydrogen-bond donors (Lipinski definition) is 3. The zero-order valence-electron chi connectivity index (χ0n) is 35.1. The van der Waals surface area contributed by atoms with E-state index in [1.807, 2.05) is 51.1 Å². The van der Waals surface area contributed by atoms with Gasteiger partial charge in [-0.1, -0.05) is 72.6 Å². The number of nitrogens with zero attached hydrogens (tertiary/aromatic N) is 2. The van der Waals surface area contributed by atoms with Gasteiger partial charge in [0.15, 0.2) is 0 Å². The molecule has 3 N–H and O–H groups in total. The van der Waals surface area contributed by atoms with Gasteiger partial charge in [-0.25, -0.2) is 9.18 Å². The molecule has 1 amide bonds. The van der Waals surface area contributed by atoms with Crippen molar-refractivity contribution in [1.82, 2.24) is 4.90 Å². The number of fused-ring (bicyclic) bond motifs is 2.